The summed E-state index contributed by atoms with van der Waals surface area (Å²) in [4.78, 5) is 11.5. The lowest BCUT2D eigenvalue weighted by atomic mass is 10.2. The molecule has 0 aromatic heterocycles. The highest BCUT2D eigenvalue weighted by atomic mass is 35.5. The molecule has 0 bridgehead atoms. The van der Waals surface area contributed by atoms with Crippen molar-refractivity contribution in [2.75, 3.05) is 12.3 Å². The molecule has 0 spiro atoms. The van der Waals surface area contributed by atoms with E-state index in [4.69, 9.17) is 28.3 Å². The first-order valence-corrected chi connectivity index (χ1v) is 8.14. The number of carbonyl (C=O) groups is 1. The van der Waals surface area contributed by atoms with E-state index in [0.29, 0.717) is 15.8 Å². The van der Waals surface area contributed by atoms with Crippen molar-refractivity contribution in [1.29, 1.82) is 0 Å². The summed E-state index contributed by atoms with van der Waals surface area (Å²) in [5, 5.41) is 12.1. The number of amides is 1. The summed E-state index contributed by atoms with van der Waals surface area (Å²) in [5.41, 5.74) is 0.816. The zero-order valence-electron chi connectivity index (χ0n) is 11.3. The molecule has 0 aliphatic carbocycles. The number of aliphatic hydroxyl groups is 1. The predicted molar refractivity (Wildman–Crippen MR) is 82.3 cm³/mol. The molecule has 0 aliphatic rings. The van der Waals surface area contributed by atoms with Gasteiger partial charge in [-0.2, -0.15) is 13.2 Å². The van der Waals surface area contributed by atoms with Crippen LogP contribution >= 0.6 is 35.0 Å². The number of hydrogen-bond acceptors (Lipinski definition) is 3. The number of thioether (sulfide) groups is 1. The Morgan fingerprint density at radius 3 is 2.64 bits per heavy atom. The second-order valence-corrected chi connectivity index (χ2v) is 6.25. The third-order valence-electron chi connectivity index (χ3n) is 2.62. The fraction of sp³-hybridized carbons (Fsp3) is 0.462. The van der Waals surface area contributed by atoms with Crippen molar-refractivity contribution in [3.8, 4) is 0 Å². The zero-order chi connectivity index (χ0) is 16.8. The number of nitrogens with one attached hydrogen (secondary N) is 1. The highest BCUT2D eigenvalue weighted by Crippen LogP contribution is 2.24. The first-order chi connectivity index (χ1) is 10.2. The van der Waals surface area contributed by atoms with E-state index in [-0.39, 0.29) is 12.3 Å². The van der Waals surface area contributed by atoms with Gasteiger partial charge in [-0.3, -0.25) is 4.79 Å². The van der Waals surface area contributed by atoms with Crippen molar-refractivity contribution < 1.29 is 23.1 Å². The van der Waals surface area contributed by atoms with Gasteiger partial charge in [0.2, 0.25) is 5.91 Å². The van der Waals surface area contributed by atoms with Crippen LogP contribution in [0.3, 0.4) is 0 Å². The molecule has 124 valence electrons. The first-order valence-electron chi connectivity index (χ1n) is 6.23. The fourth-order valence-electron chi connectivity index (χ4n) is 1.46. The van der Waals surface area contributed by atoms with E-state index in [9.17, 15) is 18.0 Å². The molecular formula is C13H14Cl2F3NO2S. The van der Waals surface area contributed by atoms with Crippen LogP contribution in [-0.2, 0) is 10.5 Å². The molecular weight excluding hydrogens is 362 g/mol. The van der Waals surface area contributed by atoms with Gasteiger partial charge in [0.1, 0.15) is 0 Å². The lowest BCUT2D eigenvalue weighted by Crippen LogP contribution is -2.34. The SMILES string of the molecule is O=C(CSCc1ccc(Cl)cc1Cl)NCC[C@@H](O)C(F)(F)F. The second kappa shape index (κ2) is 8.86. The van der Waals surface area contributed by atoms with Crippen LogP contribution in [0.4, 0.5) is 13.2 Å². The molecule has 0 aliphatic heterocycles. The summed E-state index contributed by atoms with van der Waals surface area (Å²) in [6, 6.07) is 5.02. The van der Waals surface area contributed by atoms with E-state index in [1.54, 1.807) is 18.2 Å². The number of rotatable bonds is 7. The van der Waals surface area contributed by atoms with E-state index in [2.05, 4.69) is 5.32 Å². The van der Waals surface area contributed by atoms with E-state index < -0.39 is 24.6 Å². The highest BCUT2D eigenvalue weighted by Gasteiger charge is 2.37. The maximum absolute atomic E-state index is 12.0. The summed E-state index contributed by atoms with van der Waals surface area (Å²) < 4.78 is 36.1. The molecule has 22 heavy (non-hydrogen) atoms. The summed E-state index contributed by atoms with van der Waals surface area (Å²) in [5.74, 6) is 0.166. The van der Waals surface area contributed by atoms with Crippen LogP contribution in [0.15, 0.2) is 18.2 Å². The van der Waals surface area contributed by atoms with Crippen LogP contribution in [0.25, 0.3) is 0 Å². The minimum atomic E-state index is -4.66. The van der Waals surface area contributed by atoms with Crippen LogP contribution in [-0.4, -0.2) is 35.6 Å². The average Bonchev–Trinajstić information content (AvgIpc) is 2.40. The molecule has 0 heterocycles. The summed E-state index contributed by atoms with van der Waals surface area (Å²) in [7, 11) is 0. The summed E-state index contributed by atoms with van der Waals surface area (Å²) in [6.45, 7) is -0.234. The maximum Gasteiger partial charge on any atom is 0.414 e. The number of benzene rings is 1. The van der Waals surface area contributed by atoms with Gasteiger partial charge in [0, 0.05) is 22.3 Å². The largest absolute Gasteiger partial charge is 0.414 e. The molecule has 1 rings (SSSR count). The van der Waals surface area contributed by atoms with Gasteiger partial charge in [0.05, 0.1) is 5.75 Å². The number of carbonyl (C=O) groups excluding carboxylic acids is 1. The van der Waals surface area contributed by atoms with Crippen LogP contribution in [0.2, 0.25) is 10.0 Å². The first kappa shape index (κ1) is 19.4. The van der Waals surface area contributed by atoms with Gasteiger partial charge >= 0.3 is 6.18 Å². The Kier molecular flexibility index (Phi) is 7.82. The molecule has 1 atom stereocenters. The Labute approximate surface area is 140 Å². The molecule has 9 heteroatoms. The number of halogens is 5. The molecule has 3 nitrogen and oxygen atoms in total. The van der Waals surface area contributed by atoms with Gasteiger partial charge in [-0.05, 0) is 24.1 Å². The zero-order valence-corrected chi connectivity index (χ0v) is 13.6. The van der Waals surface area contributed by atoms with E-state index in [1.807, 2.05) is 0 Å². The molecule has 0 fully saturated rings. The monoisotopic (exact) mass is 375 g/mol. The fourth-order valence-corrected chi connectivity index (χ4v) is 2.87. The molecule has 0 saturated carbocycles. The van der Waals surface area contributed by atoms with Crippen molar-refractivity contribution in [2.24, 2.45) is 0 Å². The quantitative estimate of drug-likeness (QED) is 0.764. The molecule has 0 unspecified atom stereocenters. The normalized spacial score (nSPS) is 13.0. The molecule has 1 aromatic rings. The standard InChI is InChI=1S/C13H14Cl2F3NO2S/c14-9-2-1-8(10(15)5-9)6-22-7-12(21)19-4-3-11(20)13(16,17)18/h1-2,5,11,20H,3-4,6-7H2,(H,19,21)/t11-/m1/s1. The Morgan fingerprint density at radius 2 is 2.05 bits per heavy atom. The topological polar surface area (TPSA) is 49.3 Å². The van der Waals surface area contributed by atoms with E-state index in [0.717, 1.165) is 5.56 Å². The van der Waals surface area contributed by atoms with Crippen molar-refractivity contribution >= 4 is 40.9 Å². The van der Waals surface area contributed by atoms with Crippen LogP contribution in [0.5, 0.6) is 0 Å². The Morgan fingerprint density at radius 1 is 1.36 bits per heavy atom. The second-order valence-electron chi connectivity index (χ2n) is 4.42. The smallest absolute Gasteiger partial charge is 0.384 e. The van der Waals surface area contributed by atoms with Gasteiger partial charge in [-0.1, -0.05) is 29.3 Å². The Balaban J connectivity index is 2.24. The third kappa shape index (κ3) is 7.09. The predicted octanol–water partition coefficient (Wildman–Crippen LogP) is 3.66. The summed E-state index contributed by atoms with van der Waals surface area (Å²) >= 11 is 13.0. The van der Waals surface area contributed by atoms with Gasteiger partial charge in [-0.25, -0.2) is 0 Å². The van der Waals surface area contributed by atoms with Crippen LogP contribution in [0, 0.1) is 0 Å². The number of hydrogen-bond donors (Lipinski definition) is 2. The number of alkyl halides is 3. The molecule has 2 N–H and O–H groups in total. The Bertz CT molecular complexity index is 515. The molecule has 1 amide bonds. The van der Waals surface area contributed by atoms with Crippen molar-refractivity contribution in [1.82, 2.24) is 5.32 Å². The number of aliphatic hydroxyl groups excluding tert-OH is 1. The van der Waals surface area contributed by atoms with Crippen molar-refractivity contribution in [2.45, 2.75) is 24.5 Å². The van der Waals surface area contributed by atoms with E-state index in [1.165, 1.54) is 11.8 Å². The van der Waals surface area contributed by atoms with Gasteiger partial charge < -0.3 is 10.4 Å². The van der Waals surface area contributed by atoms with E-state index >= 15 is 0 Å². The maximum atomic E-state index is 12.0. The third-order valence-corrected chi connectivity index (χ3v) is 4.19. The van der Waals surface area contributed by atoms with Crippen LogP contribution < -0.4 is 5.32 Å². The minimum Gasteiger partial charge on any atom is -0.384 e. The van der Waals surface area contributed by atoms with Crippen LogP contribution in [0.1, 0.15) is 12.0 Å². The lowest BCUT2D eigenvalue weighted by Gasteiger charge is -2.14. The average molecular weight is 376 g/mol. The minimum absolute atomic E-state index is 0.0844. The molecule has 0 radical (unpaired) electrons. The van der Waals surface area contributed by atoms with Gasteiger partial charge in [0.25, 0.3) is 0 Å². The Hall–Kier alpha value is -0.630. The molecule has 0 saturated heterocycles. The van der Waals surface area contributed by atoms with Gasteiger partial charge in [0.15, 0.2) is 6.10 Å². The van der Waals surface area contributed by atoms with Crippen molar-refractivity contribution in [3.63, 3.8) is 0 Å². The van der Waals surface area contributed by atoms with Gasteiger partial charge in [-0.15, -0.1) is 11.8 Å². The summed E-state index contributed by atoms with van der Waals surface area (Å²) in [6.07, 6.45) is -7.65. The highest BCUT2D eigenvalue weighted by molar-refractivity contribution is 7.99. The molecule has 1 aromatic carbocycles. The lowest BCUT2D eigenvalue weighted by molar-refractivity contribution is -0.205. The van der Waals surface area contributed by atoms with Crippen molar-refractivity contribution in [3.05, 3.63) is 33.8 Å².